The lowest BCUT2D eigenvalue weighted by atomic mass is 10.2. The molecule has 0 aliphatic carbocycles. The number of aromatic nitrogens is 1. The molecule has 0 unspecified atom stereocenters. The number of hydrogen-bond donors (Lipinski definition) is 2. The standard InChI is InChI=1S/C25H30F2N4O4/c1-4-30(5-2)12-13-31-11-10-17-14-19(7-8-20(17)31)29-23(32)16-28-24(33)18-6-9-21(35-25(26)27)22(15-18)34-3/h6-11,14-15,25H,4-5,12-13,16H2,1-3H3,(H,28,33)(H,29,32). The van der Waals surface area contributed by atoms with Crippen LogP contribution in [-0.4, -0.2) is 61.2 Å². The van der Waals surface area contributed by atoms with Crippen LogP contribution < -0.4 is 20.1 Å². The van der Waals surface area contributed by atoms with Gasteiger partial charge in [0.2, 0.25) is 5.91 Å². The number of alkyl halides is 2. The fraction of sp³-hybridized carbons (Fsp3) is 0.360. The third-order valence-electron chi connectivity index (χ3n) is 5.66. The summed E-state index contributed by atoms with van der Waals surface area (Å²) in [6, 6.07) is 11.5. The number of halogens is 2. The summed E-state index contributed by atoms with van der Waals surface area (Å²) in [6.07, 6.45) is 2.03. The van der Waals surface area contributed by atoms with Gasteiger partial charge in [-0.2, -0.15) is 8.78 Å². The average Bonchev–Trinajstić information content (AvgIpc) is 3.25. The van der Waals surface area contributed by atoms with Crippen LogP contribution in [0.3, 0.4) is 0 Å². The highest BCUT2D eigenvalue weighted by Crippen LogP contribution is 2.29. The molecular weight excluding hydrogens is 458 g/mol. The van der Waals surface area contributed by atoms with Crippen LogP contribution in [0.2, 0.25) is 0 Å². The highest BCUT2D eigenvalue weighted by atomic mass is 19.3. The van der Waals surface area contributed by atoms with Crippen LogP contribution in [0.25, 0.3) is 10.9 Å². The first-order valence-corrected chi connectivity index (χ1v) is 11.4. The van der Waals surface area contributed by atoms with Crippen molar-refractivity contribution in [1.29, 1.82) is 0 Å². The summed E-state index contributed by atoms with van der Waals surface area (Å²) in [5.41, 5.74) is 1.84. The molecule has 35 heavy (non-hydrogen) atoms. The zero-order chi connectivity index (χ0) is 25.4. The lowest BCUT2D eigenvalue weighted by Crippen LogP contribution is -2.32. The number of benzene rings is 2. The van der Waals surface area contributed by atoms with E-state index in [4.69, 9.17) is 4.74 Å². The second-order valence-corrected chi connectivity index (χ2v) is 7.78. The lowest BCUT2D eigenvalue weighted by Gasteiger charge is -2.18. The van der Waals surface area contributed by atoms with Gasteiger partial charge in [-0.25, -0.2) is 0 Å². The van der Waals surface area contributed by atoms with E-state index in [1.165, 1.54) is 25.3 Å². The van der Waals surface area contributed by atoms with Crippen LogP contribution in [0.15, 0.2) is 48.7 Å². The number of rotatable bonds is 12. The molecule has 0 fully saturated rings. The van der Waals surface area contributed by atoms with E-state index in [-0.39, 0.29) is 23.6 Å². The summed E-state index contributed by atoms with van der Waals surface area (Å²) in [7, 11) is 1.28. The Balaban J connectivity index is 1.56. The SMILES string of the molecule is CCN(CC)CCn1ccc2cc(NC(=O)CNC(=O)c3ccc(OC(F)F)c(OC)c3)ccc21. The van der Waals surface area contributed by atoms with Gasteiger partial charge in [0.05, 0.1) is 13.7 Å². The van der Waals surface area contributed by atoms with Gasteiger partial charge >= 0.3 is 6.61 Å². The summed E-state index contributed by atoms with van der Waals surface area (Å²) in [5, 5.41) is 6.28. The van der Waals surface area contributed by atoms with E-state index in [9.17, 15) is 18.4 Å². The molecule has 2 aromatic carbocycles. The number of anilines is 1. The molecule has 2 N–H and O–H groups in total. The van der Waals surface area contributed by atoms with Crippen LogP contribution in [0, 0.1) is 0 Å². The van der Waals surface area contributed by atoms with Crippen LogP contribution in [0.4, 0.5) is 14.5 Å². The number of likely N-dealkylation sites (N-methyl/N-ethyl adjacent to an activating group) is 1. The molecule has 0 saturated carbocycles. The highest BCUT2D eigenvalue weighted by Gasteiger charge is 2.15. The van der Waals surface area contributed by atoms with E-state index in [1.807, 2.05) is 30.5 Å². The second kappa shape index (κ2) is 12.2. The van der Waals surface area contributed by atoms with Crippen molar-refractivity contribution in [1.82, 2.24) is 14.8 Å². The number of nitrogens with zero attached hydrogens (tertiary/aromatic N) is 2. The summed E-state index contributed by atoms with van der Waals surface area (Å²) in [6.45, 7) is 4.87. The van der Waals surface area contributed by atoms with Gasteiger partial charge in [-0.1, -0.05) is 13.8 Å². The fourth-order valence-corrected chi connectivity index (χ4v) is 3.73. The van der Waals surface area contributed by atoms with E-state index >= 15 is 0 Å². The first-order valence-electron chi connectivity index (χ1n) is 11.4. The predicted octanol–water partition coefficient (Wildman–Crippen LogP) is 3.96. The number of amides is 2. The molecule has 0 saturated heterocycles. The summed E-state index contributed by atoms with van der Waals surface area (Å²) in [4.78, 5) is 27.1. The Morgan fingerprint density at radius 1 is 1.06 bits per heavy atom. The van der Waals surface area contributed by atoms with Crippen molar-refractivity contribution >= 4 is 28.4 Å². The Morgan fingerprint density at radius 2 is 1.83 bits per heavy atom. The minimum atomic E-state index is -3.02. The van der Waals surface area contributed by atoms with Crippen LogP contribution in [0.1, 0.15) is 24.2 Å². The number of methoxy groups -OCH3 is 1. The Morgan fingerprint density at radius 3 is 2.51 bits per heavy atom. The maximum absolute atomic E-state index is 12.5. The van der Waals surface area contributed by atoms with E-state index < -0.39 is 18.4 Å². The van der Waals surface area contributed by atoms with Crippen LogP contribution >= 0.6 is 0 Å². The van der Waals surface area contributed by atoms with Crippen LogP contribution in [-0.2, 0) is 11.3 Å². The molecule has 1 heterocycles. The van der Waals surface area contributed by atoms with Gasteiger partial charge in [0.1, 0.15) is 0 Å². The van der Waals surface area contributed by atoms with E-state index in [2.05, 4.69) is 38.7 Å². The van der Waals surface area contributed by atoms with Crippen molar-refractivity contribution in [3.63, 3.8) is 0 Å². The first-order chi connectivity index (χ1) is 16.8. The van der Waals surface area contributed by atoms with E-state index in [1.54, 1.807) is 0 Å². The first kappa shape index (κ1) is 26.0. The van der Waals surface area contributed by atoms with Gasteiger partial charge in [0, 0.05) is 41.4 Å². The fourth-order valence-electron chi connectivity index (χ4n) is 3.73. The maximum atomic E-state index is 12.5. The summed E-state index contributed by atoms with van der Waals surface area (Å²) >= 11 is 0. The Kier molecular flexibility index (Phi) is 9.02. The Labute approximate surface area is 202 Å². The summed E-state index contributed by atoms with van der Waals surface area (Å²) in [5.74, 6) is -1.15. The quantitative estimate of drug-likeness (QED) is 0.403. The van der Waals surface area contributed by atoms with Crippen molar-refractivity contribution in [2.24, 2.45) is 0 Å². The molecule has 10 heteroatoms. The van der Waals surface area contributed by atoms with Crippen molar-refractivity contribution in [3.8, 4) is 11.5 Å². The topological polar surface area (TPSA) is 84.8 Å². The van der Waals surface area contributed by atoms with Crippen molar-refractivity contribution in [3.05, 3.63) is 54.2 Å². The van der Waals surface area contributed by atoms with Gasteiger partial charge in [0.25, 0.3) is 5.91 Å². The smallest absolute Gasteiger partial charge is 0.387 e. The molecule has 0 spiro atoms. The molecule has 188 valence electrons. The van der Waals surface area contributed by atoms with Gasteiger partial charge in [-0.3, -0.25) is 9.59 Å². The zero-order valence-corrected chi connectivity index (χ0v) is 20.0. The number of ether oxygens (including phenoxy) is 2. The molecule has 3 rings (SSSR count). The second-order valence-electron chi connectivity index (χ2n) is 7.78. The Bertz CT molecular complexity index is 1160. The molecule has 0 bridgehead atoms. The largest absolute Gasteiger partial charge is 0.493 e. The molecule has 0 atom stereocenters. The maximum Gasteiger partial charge on any atom is 0.387 e. The van der Waals surface area contributed by atoms with Gasteiger partial charge in [0.15, 0.2) is 11.5 Å². The minimum absolute atomic E-state index is 0.0141. The number of fused-ring (bicyclic) bond motifs is 1. The van der Waals surface area contributed by atoms with E-state index in [0.29, 0.717) is 5.69 Å². The summed E-state index contributed by atoms with van der Waals surface area (Å²) < 4.78 is 36.4. The monoisotopic (exact) mass is 488 g/mol. The number of carbonyl (C=O) groups is 2. The lowest BCUT2D eigenvalue weighted by molar-refractivity contribution is -0.115. The third-order valence-corrected chi connectivity index (χ3v) is 5.66. The normalized spacial score (nSPS) is 11.2. The molecule has 3 aromatic rings. The molecule has 1 aromatic heterocycles. The van der Waals surface area contributed by atoms with Crippen molar-refractivity contribution in [2.45, 2.75) is 27.0 Å². The molecule has 0 radical (unpaired) electrons. The highest BCUT2D eigenvalue weighted by molar-refractivity contribution is 6.00. The van der Waals surface area contributed by atoms with Gasteiger partial charge < -0.3 is 29.6 Å². The predicted molar refractivity (Wildman–Crippen MR) is 130 cm³/mol. The van der Waals surface area contributed by atoms with Crippen molar-refractivity contribution < 1.29 is 27.8 Å². The van der Waals surface area contributed by atoms with Crippen LogP contribution in [0.5, 0.6) is 11.5 Å². The van der Waals surface area contributed by atoms with Gasteiger partial charge in [-0.05, 0) is 55.6 Å². The average molecular weight is 489 g/mol. The zero-order valence-electron chi connectivity index (χ0n) is 20.0. The molecule has 0 aliphatic rings. The molecular formula is C25H30F2N4O4. The minimum Gasteiger partial charge on any atom is -0.493 e. The molecule has 0 aliphatic heterocycles. The number of carbonyl (C=O) groups excluding carboxylic acids is 2. The molecule has 8 nitrogen and oxygen atoms in total. The van der Waals surface area contributed by atoms with Gasteiger partial charge in [-0.15, -0.1) is 0 Å². The van der Waals surface area contributed by atoms with E-state index in [0.717, 1.165) is 37.1 Å². The van der Waals surface area contributed by atoms with Crippen molar-refractivity contribution in [2.75, 3.05) is 38.6 Å². The number of hydrogen-bond acceptors (Lipinski definition) is 5. The molecule has 2 amide bonds. The number of nitrogens with one attached hydrogen (secondary N) is 2. The Hall–Kier alpha value is -3.66. The third kappa shape index (κ3) is 6.92.